The number of nitrogens with zero attached hydrogens (tertiary/aromatic N) is 4. The lowest BCUT2D eigenvalue weighted by atomic mass is 9.84. The van der Waals surface area contributed by atoms with Gasteiger partial charge in [-0.05, 0) is 50.3 Å². The second-order valence-electron chi connectivity index (χ2n) is 20.2. The lowest BCUT2D eigenvalue weighted by Gasteiger charge is -2.36. The maximum atomic E-state index is 14.9. The predicted octanol–water partition coefficient (Wildman–Crippen LogP) is 18.7. The van der Waals surface area contributed by atoms with Crippen LogP contribution in [0.1, 0.15) is 294 Å². The molecular formula is C57H95ClN4O2. The minimum absolute atomic E-state index is 0.141. The molecule has 1 aliphatic carbocycles. The average molecular weight is 904 g/mol. The molecule has 6 nitrogen and oxygen atoms in total. The summed E-state index contributed by atoms with van der Waals surface area (Å²) < 4.78 is 0. The number of halogens is 1. The number of carbonyl (C=O) groups is 2. The van der Waals surface area contributed by atoms with Crippen LogP contribution in [0.4, 0.5) is 10.5 Å². The number of hydrogen-bond acceptors (Lipinski definition) is 4. The summed E-state index contributed by atoms with van der Waals surface area (Å²) in [7, 11) is 0. The molecule has 1 spiro atoms. The van der Waals surface area contributed by atoms with Crippen molar-refractivity contribution in [3.8, 4) is 12.1 Å². The van der Waals surface area contributed by atoms with Gasteiger partial charge in [0.1, 0.15) is 11.6 Å². The van der Waals surface area contributed by atoms with E-state index in [1.807, 2.05) is 4.90 Å². The van der Waals surface area contributed by atoms with E-state index >= 15 is 0 Å². The molecule has 7 heteroatoms. The Morgan fingerprint density at radius 1 is 0.500 bits per heavy atom. The SMILES string of the molecule is Cc1c(N2C(=O)N(CCCCC#N)C3(CCCCCCCCCCCCCCCCCCCCCCCCCCCCCCCCCCCCCCCCC3)C2=O)ccc(C#N)c1Cl. The van der Waals surface area contributed by atoms with E-state index < -0.39 is 5.54 Å². The highest BCUT2D eigenvalue weighted by atomic mass is 35.5. The quantitative estimate of drug-likeness (QED) is 0.217. The number of carbonyl (C=O) groups excluding carboxylic acids is 2. The molecule has 0 unspecified atom stereocenters. The Labute approximate surface area is 399 Å². The highest BCUT2D eigenvalue weighted by molar-refractivity contribution is 6.33. The van der Waals surface area contributed by atoms with E-state index in [1.54, 1.807) is 19.1 Å². The number of hydrogen-bond donors (Lipinski definition) is 0. The van der Waals surface area contributed by atoms with E-state index in [0.717, 1.165) is 38.5 Å². The van der Waals surface area contributed by atoms with Crippen molar-refractivity contribution in [2.75, 3.05) is 11.4 Å². The third kappa shape index (κ3) is 21.8. The van der Waals surface area contributed by atoms with Gasteiger partial charge in [0, 0.05) is 13.0 Å². The molecule has 3 amide bonds. The topological polar surface area (TPSA) is 88.2 Å². The lowest BCUT2D eigenvalue weighted by molar-refractivity contribution is -0.126. The molecule has 362 valence electrons. The van der Waals surface area contributed by atoms with Gasteiger partial charge in [0.25, 0.3) is 5.91 Å². The lowest BCUT2D eigenvalue weighted by Crippen LogP contribution is -2.50. The molecule has 1 aliphatic heterocycles. The number of amides is 3. The van der Waals surface area contributed by atoms with Gasteiger partial charge >= 0.3 is 6.03 Å². The van der Waals surface area contributed by atoms with Crippen LogP contribution in [0.15, 0.2) is 12.1 Å². The Morgan fingerprint density at radius 3 is 1.11 bits per heavy atom. The number of urea groups is 1. The molecule has 0 atom stereocenters. The first-order valence-corrected chi connectivity index (χ1v) is 28.1. The molecule has 3 rings (SSSR count). The van der Waals surface area contributed by atoms with Gasteiger partial charge in [-0.2, -0.15) is 10.5 Å². The van der Waals surface area contributed by atoms with Crippen molar-refractivity contribution >= 4 is 29.2 Å². The average Bonchev–Trinajstić information content (AvgIpc) is 3.49. The van der Waals surface area contributed by atoms with Gasteiger partial charge in [-0.3, -0.25) is 4.79 Å². The van der Waals surface area contributed by atoms with Crippen LogP contribution in [-0.4, -0.2) is 28.9 Å². The van der Waals surface area contributed by atoms with E-state index in [9.17, 15) is 20.1 Å². The standard InChI is InChI=1S/C57H95ClN4O2/c1-51-53(45-44-52(50-60)54(51)58)62-55(63)57(61(56(62)64)49-43-39-42-48-59)46-40-37-35-33-31-29-27-25-23-21-19-17-15-13-11-9-7-5-3-2-4-6-8-10-12-14-16-18-20-22-24-26-28-30-32-34-36-38-41-47-57/h44-45H,2-43,46-47,49H2,1H3. The van der Waals surface area contributed by atoms with Crippen LogP contribution in [0.2, 0.25) is 5.02 Å². The van der Waals surface area contributed by atoms with Crippen molar-refractivity contribution in [1.29, 1.82) is 10.5 Å². The zero-order valence-corrected chi connectivity index (χ0v) is 42.2. The summed E-state index contributed by atoms with van der Waals surface area (Å²) in [5, 5.41) is 19.2. The summed E-state index contributed by atoms with van der Waals surface area (Å²) in [4.78, 5) is 32.6. The molecule has 1 aromatic carbocycles. The summed E-state index contributed by atoms with van der Waals surface area (Å²) in [5.41, 5.74) is 0.509. The maximum Gasteiger partial charge on any atom is 0.332 e. The number of anilines is 1. The molecule has 64 heavy (non-hydrogen) atoms. The molecule has 0 bridgehead atoms. The summed E-state index contributed by atoms with van der Waals surface area (Å²) in [5.74, 6) is -0.141. The largest absolute Gasteiger partial charge is 0.332 e. The molecule has 1 saturated carbocycles. The van der Waals surface area contributed by atoms with Crippen molar-refractivity contribution in [1.82, 2.24) is 4.90 Å². The Balaban J connectivity index is 1.55. The number of unbranched alkanes of at least 4 members (excludes halogenated alkanes) is 2. The van der Waals surface area contributed by atoms with Gasteiger partial charge in [-0.25, -0.2) is 9.69 Å². The van der Waals surface area contributed by atoms with Crippen LogP contribution < -0.4 is 4.90 Å². The van der Waals surface area contributed by atoms with Gasteiger partial charge in [-0.15, -0.1) is 0 Å². The normalized spacial score (nSPS) is 21.6. The van der Waals surface area contributed by atoms with Crippen molar-refractivity contribution in [2.24, 2.45) is 0 Å². The summed E-state index contributed by atoms with van der Waals surface area (Å²) in [6.07, 6.45) is 55.4. The van der Waals surface area contributed by atoms with E-state index in [4.69, 9.17) is 11.6 Å². The smallest absolute Gasteiger partial charge is 0.309 e. The fourth-order valence-corrected chi connectivity index (χ4v) is 10.9. The van der Waals surface area contributed by atoms with Gasteiger partial charge in [-0.1, -0.05) is 262 Å². The van der Waals surface area contributed by atoms with Crippen molar-refractivity contribution in [3.05, 3.63) is 28.3 Å². The second kappa shape index (κ2) is 36.5. The fraction of sp³-hybridized carbons (Fsp3) is 0.825. The second-order valence-corrected chi connectivity index (χ2v) is 20.6. The monoisotopic (exact) mass is 903 g/mol. The predicted molar refractivity (Wildman–Crippen MR) is 272 cm³/mol. The molecule has 1 saturated heterocycles. The zero-order valence-electron chi connectivity index (χ0n) is 41.5. The van der Waals surface area contributed by atoms with Crippen molar-refractivity contribution in [2.45, 2.75) is 295 Å². The molecule has 2 aliphatic rings. The third-order valence-electron chi connectivity index (χ3n) is 14.9. The molecule has 1 aromatic rings. The van der Waals surface area contributed by atoms with E-state index in [2.05, 4.69) is 12.1 Å². The van der Waals surface area contributed by atoms with E-state index in [0.29, 0.717) is 60.5 Å². The molecule has 0 N–H and O–H groups in total. The summed E-state index contributed by atoms with van der Waals surface area (Å²) in [6, 6.07) is 7.45. The minimum atomic E-state index is -0.900. The van der Waals surface area contributed by atoms with Gasteiger partial charge in [0.05, 0.1) is 22.3 Å². The first-order valence-electron chi connectivity index (χ1n) is 27.7. The van der Waals surface area contributed by atoms with E-state index in [-0.39, 0.29) is 11.9 Å². The Kier molecular flexibility index (Phi) is 31.8. The summed E-state index contributed by atoms with van der Waals surface area (Å²) >= 11 is 6.62. The minimum Gasteiger partial charge on any atom is -0.309 e. The van der Waals surface area contributed by atoms with Crippen LogP contribution in [0.3, 0.4) is 0 Å². The number of rotatable bonds is 5. The Morgan fingerprint density at radius 2 is 0.812 bits per heavy atom. The zero-order chi connectivity index (χ0) is 45.8. The first-order chi connectivity index (χ1) is 31.5. The van der Waals surface area contributed by atoms with Crippen LogP contribution in [0.5, 0.6) is 0 Å². The number of nitriles is 2. The Bertz CT molecular complexity index is 1420. The highest BCUT2D eigenvalue weighted by Gasteiger charge is 2.56. The van der Waals surface area contributed by atoms with Gasteiger partial charge in [0.15, 0.2) is 0 Å². The van der Waals surface area contributed by atoms with E-state index in [1.165, 1.54) is 217 Å². The molecular weight excluding hydrogens is 808 g/mol. The van der Waals surface area contributed by atoms with Crippen molar-refractivity contribution < 1.29 is 9.59 Å². The number of imide groups is 1. The van der Waals surface area contributed by atoms with Crippen molar-refractivity contribution in [3.63, 3.8) is 0 Å². The van der Waals surface area contributed by atoms with Gasteiger partial charge in [0.2, 0.25) is 0 Å². The van der Waals surface area contributed by atoms with Gasteiger partial charge < -0.3 is 4.90 Å². The highest BCUT2D eigenvalue weighted by Crippen LogP contribution is 2.42. The molecule has 1 heterocycles. The molecule has 0 radical (unpaired) electrons. The van der Waals surface area contributed by atoms with Crippen LogP contribution >= 0.6 is 11.6 Å². The summed E-state index contributed by atoms with van der Waals surface area (Å²) in [6.45, 7) is 2.26. The maximum absolute atomic E-state index is 14.9. The fourth-order valence-electron chi connectivity index (χ4n) is 10.7. The third-order valence-corrected chi connectivity index (χ3v) is 15.3. The molecule has 2 fully saturated rings. The number of benzene rings is 1. The molecule has 0 aromatic heterocycles. The Hall–Kier alpha value is -2.57. The van der Waals surface area contributed by atoms with Crippen LogP contribution in [0, 0.1) is 29.6 Å². The first kappa shape index (κ1) is 55.8. The van der Waals surface area contributed by atoms with Crippen LogP contribution in [-0.2, 0) is 4.79 Å². The van der Waals surface area contributed by atoms with Crippen LogP contribution in [0.25, 0.3) is 0 Å².